The Labute approximate surface area is 118 Å². The van der Waals surface area contributed by atoms with Crippen molar-refractivity contribution in [3.8, 4) is 0 Å². The monoisotopic (exact) mass is 279 g/mol. The third-order valence-corrected chi connectivity index (χ3v) is 2.78. The van der Waals surface area contributed by atoms with Crippen molar-refractivity contribution >= 4 is 12.1 Å². The number of urea groups is 1. The average Bonchev–Trinajstić information content (AvgIpc) is 2.43. The fraction of sp³-hybridized carbons (Fsp3) is 0.429. The fourth-order valence-corrected chi connectivity index (χ4v) is 1.68. The lowest BCUT2D eigenvalue weighted by molar-refractivity contribution is 0.115. The van der Waals surface area contributed by atoms with Gasteiger partial charge in [-0.05, 0) is 25.0 Å². The number of nitrogens with zero attached hydrogens (tertiary/aromatic N) is 1. The van der Waals surface area contributed by atoms with Gasteiger partial charge in [-0.15, -0.1) is 0 Å². The highest BCUT2D eigenvalue weighted by Gasteiger charge is 2.21. The first-order valence-electron chi connectivity index (χ1n) is 6.56. The zero-order valence-electron chi connectivity index (χ0n) is 11.9. The summed E-state index contributed by atoms with van der Waals surface area (Å²) in [6, 6.07) is 7.21. The van der Waals surface area contributed by atoms with Crippen LogP contribution in [0.15, 0.2) is 24.3 Å². The van der Waals surface area contributed by atoms with Gasteiger partial charge in [0, 0.05) is 19.6 Å². The summed E-state index contributed by atoms with van der Waals surface area (Å²) >= 11 is 0. The zero-order valence-corrected chi connectivity index (χ0v) is 11.9. The van der Waals surface area contributed by atoms with Crippen LogP contribution in [-0.2, 0) is 11.3 Å². The molecule has 0 saturated heterocycles. The number of imide groups is 1. The van der Waals surface area contributed by atoms with Crippen LogP contribution in [-0.4, -0.2) is 36.7 Å². The lowest BCUT2D eigenvalue weighted by atomic mass is 10.1. The van der Waals surface area contributed by atoms with Gasteiger partial charge in [0.2, 0.25) is 0 Å². The predicted octanol–water partition coefficient (Wildman–Crippen LogP) is 1.62. The third kappa shape index (κ3) is 4.55. The normalized spacial score (nSPS) is 9.95. The summed E-state index contributed by atoms with van der Waals surface area (Å²) in [5.41, 5.74) is 7.48. The van der Waals surface area contributed by atoms with Gasteiger partial charge in [-0.25, -0.2) is 14.5 Å². The lowest BCUT2D eigenvalue weighted by Crippen LogP contribution is -2.46. The van der Waals surface area contributed by atoms with Crippen LogP contribution in [0.4, 0.5) is 9.59 Å². The molecule has 0 fully saturated rings. The quantitative estimate of drug-likeness (QED) is 0.857. The number of carbonyl (C=O) groups is 2. The maximum absolute atomic E-state index is 12.0. The fourth-order valence-electron chi connectivity index (χ4n) is 1.68. The maximum atomic E-state index is 12.0. The van der Waals surface area contributed by atoms with Crippen LogP contribution in [0.3, 0.4) is 0 Å². The van der Waals surface area contributed by atoms with E-state index in [0.29, 0.717) is 6.54 Å². The van der Waals surface area contributed by atoms with Gasteiger partial charge in [-0.3, -0.25) is 0 Å². The van der Waals surface area contributed by atoms with Gasteiger partial charge in [-0.1, -0.05) is 24.3 Å². The maximum Gasteiger partial charge on any atom is 0.418 e. The van der Waals surface area contributed by atoms with E-state index in [-0.39, 0.29) is 19.7 Å². The number of ether oxygens (including phenoxy) is 1. The number of nitrogens with one attached hydrogen (secondary N) is 1. The van der Waals surface area contributed by atoms with Crippen molar-refractivity contribution in [1.82, 2.24) is 10.2 Å². The predicted molar refractivity (Wildman–Crippen MR) is 76.2 cm³/mol. The molecule has 6 heteroatoms. The molecule has 6 nitrogen and oxygen atoms in total. The molecule has 20 heavy (non-hydrogen) atoms. The van der Waals surface area contributed by atoms with Gasteiger partial charge in [0.05, 0.1) is 6.61 Å². The molecule has 0 aliphatic rings. The van der Waals surface area contributed by atoms with Crippen LogP contribution in [0.5, 0.6) is 0 Å². The summed E-state index contributed by atoms with van der Waals surface area (Å²) in [5, 5.41) is 2.69. The molecule has 0 radical (unpaired) electrons. The van der Waals surface area contributed by atoms with Crippen LogP contribution in [0, 0.1) is 6.92 Å². The summed E-state index contributed by atoms with van der Waals surface area (Å²) in [6.07, 6.45) is -0.680. The van der Waals surface area contributed by atoms with Crippen molar-refractivity contribution in [3.05, 3.63) is 35.4 Å². The average molecular weight is 279 g/mol. The van der Waals surface area contributed by atoms with Crippen molar-refractivity contribution < 1.29 is 14.3 Å². The highest BCUT2D eigenvalue weighted by molar-refractivity contribution is 5.90. The second-order valence-corrected chi connectivity index (χ2v) is 4.22. The molecule has 0 aliphatic carbocycles. The number of hydrogen-bond donors (Lipinski definition) is 2. The molecule has 110 valence electrons. The van der Waals surface area contributed by atoms with E-state index in [1.807, 2.05) is 31.2 Å². The number of rotatable bonds is 5. The van der Waals surface area contributed by atoms with Crippen molar-refractivity contribution in [2.45, 2.75) is 20.4 Å². The molecule has 0 atom stereocenters. The van der Waals surface area contributed by atoms with Crippen LogP contribution in [0.2, 0.25) is 0 Å². The molecular weight excluding hydrogens is 258 g/mol. The number of amides is 3. The van der Waals surface area contributed by atoms with Crippen LogP contribution < -0.4 is 11.1 Å². The molecule has 0 bridgehead atoms. The smallest absolute Gasteiger partial charge is 0.418 e. The Morgan fingerprint density at radius 2 is 2.05 bits per heavy atom. The molecule has 3 amide bonds. The van der Waals surface area contributed by atoms with E-state index in [1.54, 1.807) is 6.92 Å². The summed E-state index contributed by atoms with van der Waals surface area (Å²) in [6.45, 7) is 4.53. The van der Waals surface area contributed by atoms with Gasteiger partial charge in [-0.2, -0.15) is 0 Å². The van der Waals surface area contributed by atoms with Gasteiger partial charge in [0.25, 0.3) is 0 Å². The molecule has 3 N–H and O–H groups in total. The Balaban J connectivity index is 2.62. The number of hydrogen-bond acceptors (Lipinski definition) is 4. The largest absolute Gasteiger partial charge is 0.449 e. The van der Waals surface area contributed by atoms with E-state index >= 15 is 0 Å². The van der Waals surface area contributed by atoms with Gasteiger partial charge in [0.15, 0.2) is 0 Å². The molecule has 0 saturated carbocycles. The summed E-state index contributed by atoms with van der Waals surface area (Å²) in [5.74, 6) is 0. The Morgan fingerprint density at radius 3 is 2.65 bits per heavy atom. The van der Waals surface area contributed by atoms with E-state index in [4.69, 9.17) is 10.5 Å². The van der Waals surface area contributed by atoms with E-state index in [0.717, 1.165) is 16.0 Å². The van der Waals surface area contributed by atoms with Crippen LogP contribution in [0.1, 0.15) is 18.1 Å². The summed E-state index contributed by atoms with van der Waals surface area (Å²) in [7, 11) is 0. The minimum absolute atomic E-state index is 0.123. The third-order valence-electron chi connectivity index (χ3n) is 2.78. The highest BCUT2D eigenvalue weighted by Crippen LogP contribution is 2.06. The first-order chi connectivity index (χ1) is 9.60. The second kappa shape index (κ2) is 8.16. The Bertz CT molecular complexity index is 463. The first kappa shape index (κ1) is 16.0. The summed E-state index contributed by atoms with van der Waals surface area (Å²) in [4.78, 5) is 24.6. The second-order valence-electron chi connectivity index (χ2n) is 4.22. The minimum Gasteiger partial charge on any atom is -0.449 e. The molecule has 1 rings (SSSR count). The minimum atomic E-state index is -0.680. The van der Waals surface area contributed by atoms with Crippen molar-refractivity contribution in [2.75, 3.05) is 19.7 Å². The van der Waals surface area contributed by atoms with E-state index in [2.05, 4.69) is 5.32 Å². The van der Waals surface area contributed by atoms with E-state index in [9.17, 15) is 9.59 Å². The zero-order chi connectivity index (χ0) is 15.0. The number of nitrogens with two attached hydrogens (primary N) is 1. The molecule has 0 spiro atoms. The number of benzene rings is 1. The summed E-state index contributed by atoms with van der Waals surface area (Å²) < 4.78 is 4.82. The highest BCUT2D eigenvalue weighted by atomic mass is 16.6. The molecule has 1 aromatic rings. The standard InChI is InChI=1S/C14H21N3O3/c1-3-20-14(19)17(9-8-15)13(18)16-10-12-7-5-4-6-11(12)2/h4-7H,3,8-10,15H2,1-2H3,(H,16,18). The van der Waals surface area contributed by atoms with Crippen molar-refractivity contribution in [3.63, 3.8) is 0 Å². The molecule has 0 heterocycles. The molecule has 0 aromatic heterocycles. The molecule has 0 aliphatic heterocycles. The van der Waals surface area contributed by atoms with Crippen LogP contribution in [0.25, 0.3) is 0 Å². The van der Waals surface area contributed by atoms with Crippen LogP contribution >= 0.6 is 0 Å². The Morgan fingerprint density at radius 1 is 1.35 bits per heavy atom. The van der Waals surface area contributed by atoms with Crippen molar-refractivity contribution in [2.24, 2.45) is 5.73 Å². The number of carbonyl (C=O) groups excluding carboxylic acids is 2. The van der Waals surface area contributed by atoms with Crippen molar-refractivity contribution in [1.29, 1.82) is 0 Å². The molecular formula is C14H21N3O3. The number of aryl methyl sites for hydroxylation is 1. The Hall–Kier alpha value is -2.08. The molecule has 1 aromatic carbocycles. The lowest BCUT2D eigenvalue weighted by Gasteiger charge is -2.20. The Kier molecular flexibility index (Phi) is 6.52. The van der Waals surface area contributed by atoms with E-state index < -0.39 is 12.1 Å². The van der Waals surface area contributed by atoms with Gasteiger partial charge >= 0.3 is 12.1 Å². The topological polar surface area (TPSA) is 84.7 Å². The SMILES string of the molecule is CCOC(=O)N(CCN)C(=O)NCc1ccccc1C. The van der Waals surface area contributed by atoms with Gasteiger partial charge < -0.3 is 15.8 Å². The van der Waals surface area contributed by atoms with E-state index in [1.165, 1.54) is 0 Å². The molecule has 0 unspecified atom stereocenters. The first-order valence-corrected chi connectivity index (χ1v) is 6.56. The van der Waals surface area contributed by atoms with Gasteiger partial charge in [0.1, 0.15) is 0 Å².